The smallest absolute Gasteiger partial charge is 0.257 e. The molecule has 0 spiro atoms. The van der Waals surface area contributed by atoms with Crippen LogP contribution in [0.4, 0.5) is 4.39 Å². The van der Waals surface area contributed by atoms with Gasteiger partial charge in [-0.1, -0.05) is 23.4 Å². The molecule has 0 bridgehead atoms. The number of hydrogen-bond donors (Lipinski definition) is 1. The Labute approximate surface area is 218 Å². The molecule has 1 saturated carbocycles. The van der Waals surface area contributed by atoms with Gasteiger partial charge in [-0.05, 0) is 111 Å². The molecule has 0 unspecified atom stereocenters. The van der Waals surface area contributed by atoms with E-state index in [1.54, 1.807) is 18.2 Å². The van der Waals surface area contributed by atoms with Crippen LogP contribution in [0.2, 0.25) is 0 Å². The van der Waals surface area contributed by atoms with Crippen molar-refractivity contribution < 1.29 is 13.7 Å². The minimum absolute atomic E-state index is 0.103. The molecule has 2 aromatic carbocycles. The standard InChI is InChI=1S/C30H35FN4O2/c1-21-32-30(37-34-21)26-9-8-24-14-17-35(18-15-25(24)20-26)16-13-22-5-10-28(11-6-22)33-29(36)12-7-23-3-2-4-27(31)19-23/h2-4,7-9,12,19-20,22,28H,5-6,10-11,13-18H2,1H3,(H,33,36)/b12-7+. The molecule has 1 fully saturated rings. The molecule has 1 aromatic heterocycles. The summed E-state index contributed by atoms with van der Waals surface area (Å²) in [4.78, 5) is 19.3. The van der Waals surface area contributed by atoms with Crippen LogP contribution in [0.15, 0.2) is 53.1 Å². The van der Waals surface area contributed by atoms with Gasteiger partial charge in [0, 0.05) is 30.8 Å². The second kappa shape index (κ2) is 11.8. The molecule has 194 valence electrons. The third-order valence-electron chi connectivity index (χ3n) is 7.70. The Hall–Kier alpha value is -3.32. The van der Waals surface area contributed by atoms with Crippen molar-refractivity contribution in [3.8, 4) is 11.5 Å². The Bertz CT molecular complexity index is 1250. The van der Waals surface area contributed by atoms with Crippen LogP contribution in [0.5, 0.6) is 0 Å². The van der Waals surface area contributed by atoms with E-state index in [0.717, 1.165) is 63.7 Å². The van der Waals surface area contributed by atoms with E-state index in [2.05, 4.69) is 38.6 Å². The zero-order chi connectivity index (χ0) is 25.6. The van der Waals surface area contributed by atoms with Crippen molar-refractivity contribution in [2.75, 3.05) is 19.6 Å². The average Bonchev–Trinajstić information content (AvgIpc) is 3.23. The predicted molar refractivity (Wildman–Crippen MR) is 142 cm³/mol. The number of benzene rings is 2. The SMILES string of the molecule is Cc1noc(-c2ccc3c(c2)CCN(CCC2CCC(NC(=O)/C=C/c4cccc(F)c4)CC2)CC3)n1. The molecule has 7 heteroatoms. The fourth-order valence-electron chi connectivity index (χ4n) is 5.53. The van der Waals surface area contributed by atoms with Gasteiger partial charge in [-0.3, -0.25) is 4.79 Å². The molecule has 37 heavy (non-hydrogen) atoms. The Morgan fingerprint density at radius 2 is 1.92 bits per heavy atom. The summed E-state index contributed by atoms with van der Waals surface area (Å²) in [6.07, 6.45) is 10.8. The maximum atomic E-state index is 13.3. The molecular weight excluding hydrogens is 467 g/mol. The summed E-state index contributed by atoms with van der Waals surface area (Å²) in [5.74, 6) is 1.57. The summed E-state index contributed by atoms with van der Waals surface area (Å²) in [6, 6.07) is 13.0. The van der Waals surface area contributed by atoms with Crippen LogP contribution in [-0.2, 0) is 17.6 Å². The molecule has 0 radical (unpaired) electrons. The van der Waals surface area contributed by atoms with Crippen LogP contribution in [0.3, 0.4) is 0 Å². The van der Waals surface area contributed by atoms with Crippen LogP contribution in [0.1, 0.15) is 54.6 Å². The fourth-order valence-corrected chi connectivity index (χ4v) is 5.53. The molecule has 0 saturated heterocycles. The van der Waals surface area contributed by atoms with E-state index in [-0.39, 0.29) is 17.8 Å². The van der Waals surface area contributed by atoms with Crippen molar-refractivity contribution in [2.24, 2.45) is 5.92 Å². The first-order valence-corrected chi connectivity index (χ1v) is 13.4. The van der Waals surface area contributed by atoms with Gasteiger partial charge in [-0.15, -0.1) is 0 Å². The van der Waals surface area contributed by atoms with Crippen molar-refractivity contribution in [3.63, 3.8) is 0 Å². The van der Waals surface area contributed by atoms with Gasteiger partial charge in [0.15, 0.2) is 5.82 Å². The van der Waals surface area contributed by atoms with Crippen LogP contribution in [-0.4, -0.2) is 46.6 Å². The zero-order valence-corrected chi connectivity index (χ0v) is 21.5. The lowest BCUT2D eigenvalue weighted by molar-refractivity contribution is -0.117. The summed E-state index contributed by atoms with van der Waals surface area (Å²) in [6.45, 7) is 5.13. The maximum Gasteiger partial charge on any atom is 0.257 e. The lowest BCUT2D eigenvalue weighted by Gasteiger charge is -2.30. The van der Waals surface area contributed by atoms with Gasteiger partial charge < -0.3 is 14.7 Å². The highest BCUT2D eigenvalue weighted by molar-refractivity contribution is 5.91. The van der Waals surface area contributed by atoms with Crippen molar-refractivity contribution in [1.82, 2.24) is 20.4 Å². The van der Waals surface area contributed by atoms with E-state index in [0.29, 0.717) is 23.2 Å². The number of nitrogens with zero attached hydrogens (tertiary/aromatic N) is 3. The van der Waals surface area contributed by atoms with E-state index in [1.807, 2.05) is 6.92 Å². The predicted octanol–water partition coefficient (Wildman–Crippen LogP) is 5.36. The van der Waals surface area contributed by atoms with Crippen molar-refractivity contribution >= 4 is 12.0 Å². The third-order valence-corrected chi connectivity index (χ3v) is 7.70. The van der Waals surface area contributed by atoms with Gasteiger partial charge in [-0.2, -0.15) is 4.98 Å². The zero-order valence-electron chi connectivity index (χ0n) is 21.5. The number of carbonyl (C=O) groups is 1. The minimum Gasteiger partial charge on any atom is -0.350 e. The molecule has 2 heterocycles. The number of hydrogen-bond acceptors (Lipinski definition) is 5. The molecule has 1 amide bonds. The first-order valence-electron chi connectivity index (χ1n) is 13.4. The minimum atomic E-state index is -0.296. The summed E-state index contributed by atoms with van der Waals surface area (Å²) in [5, 5.41) is 7.04. The first kappa shape index (κ1) is 25.3. The number of amides is 1. The highest BCUT2D eigenvalue weighted by Gasteiger charge is 2.23. The van der Waals surface area contributed by atoms with Crippen molar-refractivity contribution in [2.45, 2.75) is 57.9 Å². The maximum absolute atomic E-state index is 13.3. The van der Waals surface area contributed by atoms with Crippen LogP contribution >= 0.6 is 0 Å². The molecule has 3 aromatic rings. The highest BCUT2D eigenvalue weighted by Crippen LogP contribution is 2.28. The lowest BCUT2D eigenvalue weighted by atomic mass is 9.84. The quantitative estimate of drug-likeness (QED) is 0.440. The normalized spacial score (nSPS) is 20.5. The Morgan fingerprint density at radius 1 is 1.11 bits per heavy atom. The van der Waals surface area contributed by atoms with E-state index < -0.39 is 0 Å². The number of halogens is 1. The van der Waals surface area contributed by atoms with Gasteiger partial charge in [0.2, 0.25) is 5.91 Å². The molecular formula is C30H35FN4O2. The third kappa shape index (κ3) is 6.92. The number of aryl methyl sites for hydroxylation is 1. The van der Waals surface area contributed by atoms with E-state index >= 15 is 0 Å². The second-order valence-corrected chi connectivity index (χ2v) is 10.4. The molecule has 5 rings (SSSR count). The number of carbonyl (C=O) groups excluding carboxylic acids is 1. The lowest BCUT2D eigenvalue weighted by Crippen LogP contribution is -2.37. The summed E-state index contributed by atoms with van der Waals surface area (Å²) in [7, 11) is 0. The molecule has 0 atom stereocenters. The van der Waals surface area contributed by atoms with Gasteiger partial charge in [-0.25, -0.2) is 4.39 Å². The average molecular weight is 503 g/mol. The number of fused-ring (bicyclic) bond motifs is 1. The topological polar surface area (TPSA) is 71.3 Å². The summed E-state index contributed by atoms with van der Waals surface area (Å²) < 4.78 is 18.6. The van der Waals surface area contributed by atoms with E-state index in [9.17, 15) is 9.18 Å². The second-order valence-electron chi connectivity index (χ2n) is 10.4. The van der Waals surface area contributed by atoms with Crippen molar-refractivity contribution in [1.29, 1.82) is 0 Å². The van der Waals surface area contributed by atoms with Crippen LogP contribution in [0.25, 0.3) is 17.5 Å². The summed E-state index contributed by atoms with van der Waals surface area (Å²) >= 11 is 0. The van der Waals surface area contributed by atoms with E-state index in [1.165, 1.54) is 35.8 Å². The van der Waals surface area contributed by atoms with Crippen LogP contribution < -0.4 is 5.32 Å². The monoisotopic (exact) mass is 502 g/mol. The fraction of sp³-hybridized carbons (Fsp3) is 0.433. The van der Waals surface area contributed by atoms with Gasteiger partial charge in [0.1, 0.15) is 5.82 Å². The van der Waals surface area contributed by atoms with Gasteiger partial charge in [0.05, 0.1) is 0 Å². The Kier molecular flexibility index (Phi) is 8.09. The number of aromatic nitrogens is 2. The Balaban J connectivity index is 1.04. The van der Waals surface area contributed by atoms with E-state index in [4.69, 9.17) is 4.52 Å². The molecule has 2 aliphatic rings. The molecule has 1 N–H and O–H groups in total. The Morgan fingerprint density at radius 3 is 2.68 bits per heavy atom. The van der Waals surface area contributed by atoms with Crippen LogP contribution in [0, 0.1) is 18.7 Å². The molecule has 1 aliphatic heterocycles. The summed E-state index contributed by atoms with van der Waals surface area (Å²) in [5.41, 5.74) is 4.50. The van der Waals surface area contributed by atoms with Gasteiger partial charge in [0.25, 0.3) is 5.89 Å². The largest absolute Gasteiger partial charge is 0.350 e. The number of rotatable bonds is 7. The highest BCUT2D eigenvalue weighted by atomic mass is 19.1. The first-order chi connectivity index (χ1) is 18.0. The molecule has 1 aliphatic carbocycles. The number of nitrogens with one attached hydrogen (secondary N) is 1. The van der Waals surface area contributed by atoms with Gasteiger partial charge >= 0.3 is 0 Å². The van der Waals surface area contributed by atoms with Crippen molar-refractivity contribution in [3.05, 3.63) is 76.9 Å². The molecule has 6 nitrogen and oxygen atoms in total.